The Hall–Kier alpha value is -2.42. The Morgan fingerprint density at radius 3 is 2.62 bits per heavy atom. The lowest BCUT2D eigenvalue weighted by molar-refractivity contribution is 0.506. The summed E-state index contributed by atoms with van der Waals surface area (Å²) in [5.74, 6) is -1.60. The highest BCUT2D eigenvalue weighted by Gasteiger charge is 2.24. The molecule has 1 N–H and O–H groups in total. The number of hydrogen-bond donors (Lipinski definition) is 1. The molecule has 1 atom stereocenters. The standard InChI is InChI=1S/C18H13F2N/c19-15-8-7-12(9-16(15)20)17-10-13-6-5-11-3-1-2-4-14(11)18(13)21-17/h1-9,17,21H,10H2. The zero-order chi connectivity index (χ0) is 14.4. The first-order valence-corrected chi connectivity index (χ1v) is 6.94. The van der Waals surface area contributed by atoms with Gasteiger partial charge in [-0.2, -0.15) is 0 Å². The van der Waals surface area contributed by atoms with Crippen molar-refractivity contribution >= 4 is 16.5 Å². The summed E-state index contributed by atoms with van der Waals surface area (Å²) in [5, 5.41) is 5.79. The summed E-state index contributed by atoms with van der Waals surface area (Å²) in [4.78, 5) is 0. The van der Waals surface area contributed by atoms with E-state index in [4.69, 9.17) is 0 Å². The van der Waals surface area contributed by atoms with E-state index < -0.39 is 11.6 Å². The fourth-order valence-corrected chi connectivity index (χ4v) is 3.03. The zero-order valence-electron chi connectivity index (χ0n) is 11.2. The van der Waals surface area contributed by atoms with Crippen LogP contribution in [0.1, 0.15) is 17.2 Å². The van der Waals surface area contributed by atoms with Gasteiger partial charge in [0, 0.05) is 11.1 Å². The lowest BCUT2D eigenvalue weighted by Crippen LogP contribution is -2.06. The van der Waals surface area contributed by atoms with Crippen LogP contribution in [-0.2, 0) is 6.42 Å². The number of halogens is 2. The molecule has 0 bridgehead atoms. The van der Waals surface area contributed by atoms with Crippen LogP contribution in [0.3, 0.4) is 0 Å². The molecule has 104 valence electrons. The van der Waals surface area contributed by atoms with Crippen molar-refractivity contribution in [3.8, 4) is 0 Å². The second-order valence-corrected chi connectivity index (χ2v) is 5.40. The Morgan fingerprint density at radius 2 is 1.76 bits per heavy atom. The molecule has 0 saturated heterocycles. The summed E-state index contributed by atoms with van der Waals surface area (Å²) >= 11 is 0. The Balaban J connectivity index is 1.76. The Morgan fingerprint density at radius 1 is 0.905 bits per heavy atom. The van der Waals surface area contributed by atoms with Gasteiger partial charge in [-0.1, -0.05) is 42.5 Å². The Labute approximate surface area is 121 Å². The van der Waals surface area contributed by atoms with E-state index in [-0.39, 0.29) is 6.04 Å². The minimum Gasteiger partial charge on any atom is -0.377 e. The van der Waals surface area contributed by atoms with Crippen LogP contribution in [0, 0.1) is 11.6 Å². The first-order chi connectivity index (χ1) is 10.2. The second kappa shape index (κ2) is 4.55. The van der Waals surface area contributed by atoms with Crippen molar-refractivity contribution in [2.75, 3.05) is 5.32 Å². The number of benzene rings is 3. The maximum absolute atomic E-state index is 13.4. The van der Waals surface area contributed by atoms with E-state index in [0.717, 1.165) is 17.7 Å². The molecule has 0 fully saturated rings. The predicted molar refractivity (Wildman–Crippen MR) is 80.4 cm³/mol. The molecule has 1 heterocycles. The summed E-state index contributed by atoms with van der Waals surface area (Å²) in [6, 6.07) is 16.5. The van der Waals surface area contributed by atoms with Gasteiger partial charge in [0.1, 0.15) is 0 Å². The molecule has 1 aliphatic rings. The fourth-order valence-electron chi connectivity index (χ4n) is 3.03. The fraction of sp³-hybridized carbons (Fsp3) is 0.111. The SMILES string of the molecule is Fc1ccc(C2Cc3ccc4ccccc4c3N2)cc1F. The lowest BCUT2D eigenvalue weighted by atomic mass is 10.0. The molecule has 0 aromatic heterocycles. The highest BCUT2D eigenvalue weighted by molar-refractivity contribution is 5.96. The van der Waals surface area contributed by atoms with E-state index >= 15 is 0 Å². The second-order valence-electron chi connectivity index (χ2n) is 5.40. The maximum atomic E-state index is 13.4. The molecule has 0 amide bonds. The van der Waals surface area contributed by atoms with Crippen LogP contribution >= 0.6 is 0 Å². The van der Waals surface area contributed by atoms with Crippen molar-refractivity contribution in [2.24, 2.45) is 0 Å². The van der Waals surface area contributed by atoms with Crippen LogP contribution in [0.4, 0.5) is 14.5 Å². The normalized spacial score (nSPS) is 16.8. The molecule has 0 radical (unpaired) electrons. The van der Waals surface area contributed by atoms with E-state index in [0.29, 0.717) is 0 Å². The average molecular weight is 281 g/mol. The summed E-state index contributed by atoms with van der Waals surface area (Å²) in [6.45, 7) is 0. The van der Waals surface area contributed by atoms with E-state index in [1.807, 2.05) is 12.1 Å². The molecular weight excluding hydrogens is 268 g/mol. The van der Waals surface area contributed by atoms with Gasteiger partial charge in [0.25, 0.3) is 0 Å². The molecule has 3 aromatic rings. The number of fused-ring (bicyclic) bond motifs is 3. The number of nitrogens with one attached hydrogen (secondary N) is 1. The first-order valence-electron chi connectivity index (χ1n) is 6.94. The monoisotopic (exact) mass is 281 g/mol. The Bertz CT molecular complexity index is 842. The molecule has 3 aromatic carbocycles. The van der Waals surface area contributed by atoms with Crippen molar-refractivity contribution < 1.29 is 8.78 Å². The molecule has 0 saturated carbocycles. The molecule has 1 aliphatic heterocycles. The average Bonchev–Trinajstić information content (AvgIpc) is 2.94. The quantitative estimate of drug-likeness (QED) is 0.674. The summed E-state index contributed by atoms with van der Waals surface area (Å²) in [6.07, 6.45) is 0.783. The molecule has 1 unspecified atom stereocenters. The highest BCUT2D eigenvalue weighted by atomic mass is 19.2. The number of hydrogen-bond acceptors (Lipinski definition) is 1. The lowest BCUT2D eigenvalue weighted by Gasteiger charge is -2.12. The van der Waals surface area contributed by atoms with Gasteiger partial charge in [0.2, 0.25) is 0 Å². The van der Waals surface area contributed by atoms with Crippen LogP contribution in [-0.4, -0.2) is 0 Å². The molecule has 3 heteroatoms. The summed E-state index contributed by atoms with van der Waals surface area (Å²) in [5.41, 5.74) is 3.08. The van der Waals surface area contributed by atoms with Gasteiger partial charge in [-0.3, -0.25) is 0 Å². The molecule has 0 aliphatic carbocycles. The van der Waals surface area contributed by atoms with Gasteiger partial charge in [-0.25, -0.2) is 8.78 Å². The maximum Gasteiger partial charge on any atom is 0.159 e. The van der Waals surface area contributed by atoms with Crippen molar-refractivity contribution in [3.05, 3.63) is 77.4 Å². The van der Waals surface area contributed by atoms with E-state index in [9.17, 15) is 8.78 Å². The number of rotatable bonds is 1. The third kappa shape index (κ3) is 1.97. The van der Waals surface area contributed by atoms with Crippen LogP contribution in [0.25, 0.3) is 10.8 Å². The van der Waals surface area contributed by atoms with Crippen LogP contribution in [0.5, 0.6) is 0 Å². The van der Waals surface area contributed by atoms with Crippen LogP contribution in [0.15, 0.2) is 54.6 Å². The van der Waals surface area contributed by atoms with Crippen molar-refractivity contribution in [1.29, 1.82) is 0 Å². The van der Waals surface area contributed by atoms with Crippen LogP contribution in [0.2, 0.25) is 0 Å². The topological polar surface area (TPSA) is 12.0 Å². The third-order valence-electron chi connectivity index (χ3n) is 4.10. The minimum absolute atomic E-state index is 0.0130. The van der Waals surface area contributed by atoms with Crippen molar-refractivity contribution in [2.45, 2.75) is 12.5 Å². The first kappa shape index (κ1) is 12.3. The summed E-state index contributed by atoms with van der Waals surface area (Å²) in [7, 11) is 0. The summed E-state index contributed by atoms with van der Waals surface area (Å²) < 4.78 is 26.5. The van der Waals surface area contributed by atoms with Gasteiger partial charge in [-0.05, 0) is 35.1 Å². The van der Waals surface area contributed by atoms with Gasteiger partial charge in [0.05, 0.1) is 6.04 Å². The molecule has 4 rings (SSSR count). The predicted octanol–water partition coefficient (Wildman–Crippen LogP) is 4.83. The van der Waals surface area contributed by atoms with Gasteiger partial charge in [0.15, 0.2) is 11.6 Å². The van der Waals surface area contributed by atoms with Crippen molar-refractivity contribution in [1.82, 2.24) is 0 Å². The smallest absolute Gasteiger partial charge is 0.159 e. The highest BCUT2D eigenvalue weighted by Crippen LogP contribution is 2.39. The van der Waals surface area contributed by atoms with Crippen molar-refractivity contribution in [3.63, 3.8) is 0 Å². The largest absolute Gasteiger partial charge is 0.377 e. The molecular formula is C18H13F2N. The Kier molecular flexibility index (Phi) is 2.67. The zero-order valence-corrected chi connectivity index (χ0v) is 11.2. The van der Waals surface area contributed by atoms with Gasteiger partial charge in [-0.15, -0.1) is 0 Å². The third-order valence-corrected chi connectivity index (χ3v) is 4.10. The van der Waals surface area contributed by atoms with E-state index in [1.165, 1.54) is 28.5 Å². The van der Waals surface area contributed by atoms with E-state index in [1.54, 1.807) is 6.07 Å². The molecule has 21 heavy (non-hydrogen) atoms. The molecule has 0 spiro atoms. The van der Waals surface area contributed by atoms with Gasteiger partial charge >= 0.3 is 0 Å². The molecule has 1 nitrogen and oxygen atoms in total. The van der Waals surface area contributed by atoms with Gasteiger partial charge < -0.3 is 5.32 Å². The van der Waals surface area contributed by atoms with Crippen LogP contribution < -0.4 is 5.32 Å². The number of anilines is 1. The minimum atomic E-state index is -0.806. The van der Waals surface area contributed by atoms with E-state index in [2.05, 4.69) is 29.6 Å².